The number of rotatable bonds is 2. The zero-order valence-electron chi connectivity index (χ0n) is 8.23. The first-order valence-electron chi connectivity index (χ1n) is 3.87. The zero-order chi connectivity index (χ0) is 9.89. The minimum atomic E-state index is 0.799. The summed E-state index contributed by atoms with van der Waals surface area (Å²) in [5, 5.41) is 0. The van der Waals surface area contributed by atoms with Gasteiger partial charge in [0.2, 0.25) is 0 Å². The monoisotopic (exact) mass is 178 g/mol. The molecule has 0 aliphatic heterocycles. The molecular formula is C10H15BS. The topological polar surface area (TPSA) is 0 Å². The lowest BCUT2D eigenvalue weighted by molar-refractivity contribution is 1.25. The van der Waals surface area contributed by atoms with Gasteiger partial charge in [0.05, 0.1) is 0 Å². The molecule has 0 aliphatic carbocycles. The highest BCUT2D eigenvalue weighted by Crippen LogP contribution is 2.22. The van der Waals surface area contributed by atoms with Gasteiger partial charge in [-0.05, 0) is 36.8 Å². The highest BCUT2D eigenvalue weighted by atomic mass is 32.1. The lowest BCUT2D eigenvalue weighted by Crippen LogP contribution is -1.90. The number of hydrogen-bond donors (Lipinski definition) is 1. The molecule has 0 atom stereocenters. The van der Waals surface area contributed by atoms with Crippen molar-refractivity contribution in [2.75, 3.05) is 0 Å². The predicted octanol–water partition coefficient (Wildman–Crippen LogP) is 3.23. The van der Waals surface area contributed by atoms with Crippen molar-refractivity contribution in [3.8, 4) is 0 Å². The molecule has 0 saturated heterocycles. The van der Waals surface area contributed by atoms with Crippen molar-refractivity contribution in [1.82, 2.24) is 0 Å². The van der Waals surface area contributed by atoms with Crippen molar-refractivity contribution in [2.24, 2.45) is 0 Å². The lowest BCUT2D eigenvalue weighted by Gasteiger charge is -2.09. The van der Waals surface area contributed by atoms with Crippen molar-refractivity contribution in [2.45, 2.75) is 27.7 Å². The van der Waals surface area contributed by atoms with E-state index in [1.54, 1.807) is 0 Å². The molecule has 0 bridgehead atoms. The van der Waals surface area contributed by atoms with Crippen molar-refractivity contribution in [3.05, 3.63) is 33.7 Å². The summed E-state index contributed by atoms with van der Waals surface area (Å²) < 4.78 is 0. The summed E-state index contributed by atoms with van der Waals surface area (Å²) in [7, 11) is 5.67. The molecule has 0 heterocycles. The smallest absolute Gasteiger partial charge is 0.107 e. The van der Waals surface area contributed by atoms with Gasteiger partial charge in [-0.25, -0.2) is 0 Å². The maximum atomic E-state index is 5.67. The zero-order valence-corrected chi connectivity index (χ0v) is 9.13. The van der Waals surface area contributed by atoms with Gasteiger partial charge in [0.15, 0.2) is 0 Å². The normalized spacial score (nSPS) is 15.1. The second-order valence-corrected chi connectivity index (χ2v) is 3.54. The Kier molecular flexibility index (Phi) is 4.47. The maximum absolute atomic E-state index is 5.67. The van der Waals surface area contributed by atoms with Crippen LogP contribution in [0.25, 0.3) is 0 Å². The van der Waals surface area contributed by atoms with E-state index in [4.69, 9.17) is 7.85 Å². The van der Waals surface area contributed by atoms with Gasteiger partial charge in [-0.1, -0.05) is 19.1 Å². The summed E-state index contributed by atoms with van der Waals surface area (Å²) in [5.41, 5.74) is 4.22. The standard InChI is InChI=1S/C10H15BS/c1-6(7(2)9(4)11)8(3)10(5)12/h12H,5H2,1-4H3/b8-6-,9-7-. The highest BCUT2D eigenvalue weighted by molar-refractivity contribution is 7.84. The van der Waals surface area contributed by atoms with Crippen LogP contribution in [0.4, 0.5) is 0 Å². The highest BCUT2D eigenvalue weighted by Gasteiger charge is 2.00. The van der Waals surface area contributed by atoms with Gasteiger partial charge in [-0.3, -0.25) is 0 Å². The van der Waals surface area contributed by atoms with Crippen molar-refractivity contribution < 1.29 is 0 Å². The molecule has 0 nitrogen and oxygen atoms in total. The molecule has 0 amide bonds. The van der Waals surface area contributed by atoms with Crippen LogP contribution in [-0.4, -0.2) is 7.85 Å². The summed E-state index contributed by atoms with van der Waals surface area (Å²) >= 11 is 4.18. The minimum absolute atomic E-state index is 0.799. The molecule has 0 spiro atoms. The predicted molar refractivity (Wildman–Crippen MR) is 60.6 cm³/mol. The van der Waals surface area contributed by atoms with E-state index in [0.29, 0.717) is 0 Å². The molecule has 0 saturated carbocycles. The summed E-state index contributed by atoms with van der Waals surface area (Å²) in [6, 6.07) is 0. The van der Waals surface area contributed by atoms with E-state index in [9.17, 15) is 0 Å². The van der Waals surface area contributed by atoms with Crippen LogP contribution < -0.4 is 0 Å². The molecule has 0 fully saturated rings. The van der Waals surface area contributed by atoms with Gasteiger partial charge in [0, 0.05) is 0 Å². The number of hydrogen-bond acceptors (Lipinski definition) is 1. The molecule has 0 aromatic carbocycles. The molecule has 0 aromatic heterocycles. The Bertz CT molecular complexity index is 255. The average molecular weight is 178 g/mol. The van der Waals surface area contributed by atoms with Crippen molar-refractivity contribution >= 4 is 20.5 Å². The van der Waals surface area contributed by atoms with E-state index in [0.717, 1.165) is 27.1 Å². The Morgan fingerprint density at radius 3 is 1.67 bits per heavy atom. The van der Waals surface area contributed by atoms with Crippen LogP contribution in [0.15, 0.2) is 33.7 Å². The molecule has 2 heteroatoms. The van der Waals surface area contributed by atoms with E-state index in [-0.39, 0.29) is 0 Å². The van der Waals surface area contributed by atoms with Crippen LogP contribution in [0.2, 0.25) is 0 Å². The Labute approximate surface area is 82.3 Å². The summed E-state index contributed by atoms with van der Waals surface area (Å²) in [4.78, 5) is 0.799. The fourth-order valence-corrected chi connectivity index (χ4v) is 0.961. The molecule has 0 aliphatic rings. The average Bonchev–Trinajstić information content (AvgIpc) is 2.00. The van der Waals surface area contributed by atoms with Gasteiger partial charge in [-0.15, -0.1) is 18.1 Å². The SMILES string of the molecule is [B]/C(C)=C(C)\C(C)=C(\C)C(=C)S. The molecule has 0 N–H and O–H groups in total. The van der Waals surface area contributed by atoms with Gasteiger partial charge in [0.1, 0.15) is 7.85 Å². The molecule has 2 radical (unpaired) electrons. The van der Waals surface area contributed by atoms with Crippen LogP contribution in [0.3, 0.4) is 0 Å². The van der Waals surface area contributed by atoms with Crippen LogP contribution >= 0.6 is 12.6 Å². The molecule has 64 valence electrons. The molecule has 0 aromatic rings. The third kappa shape index (κ3) is 2.94. The maximum Gasteiger partial charge on any atom is 0.107 e. The summed E-state index contributed by atoms with van der Waals surface area (Å²) in [5.74, 6) is 0. The largest absolute Gasteiger partial charge is 0.144 e. The van der Waals surface area contributed by atoms with E-state index >= 15 is 0 Å². The van der Waals surface area contributed by atoms with E-state index in [1.165, 1.54) is 0 Å². The van der Waals surface area contributed by atoms with Gasteiger partial charge in [-0.2, -0.15) is 0 Å². The number of thiol groups is 1. The Balaban J connectivity index is 5.06. The Hall–Kier alpha value is -0.365. The van der Waals surface area contributed by atoms with E-state index in [2.05, 4.69) is 19.2 Å². The Morgan fingerprint density at radius 2 is 1.42 bits per heavy atom. The van der Waals surface area contributed by atoms with Gasteiger partial charge in [0.25, 0.3) is 0 Å². The molecule has 0 unspecified atom stereocenters. The van der Waals surface area contributed by atoms with Crippen LogP contribution in [0.5, 0.6) is 0 Å². The van der Waals surface area contributed by atoms with Crippen LogP contribution in [-0.2, 0) is 0 Å². The molecule has 12 heavy (non-hydrogen) atoms. The second-order valence-electron chi connectivity index (χ2n) is 3.00. The first kappa shape index (κ1) is 11.6. The third-order valence-electron chi connectivity index (χ3n) is 2.15. The Morgan fingerprint density at radius 1 is 1.00 bits per heavy atom. The van der Waals surface area contributed by atoms with E-state index < -0.39 is 0 Å². The lowest BCUT2D eigenvalue weighted by atomic mass is 9.88. The first-order chi connectivity index (χ1) is 5.37. The van der Waals surface area contributed by atoms with Gasteiger partial charge < -0.3 is 0 Å². The fourth-order valence-electron chi connectivity index (χ4n) is 0.793. The van der Waals surface area contributed by atoms with Crippen molar-refractivity contribution in [1.29, 1.82) is 0 Å². The summed E-state index contributed by atoms with van der Waals surface area (Å²) in [6.45, 7) is 11.7. The van der Waals surface area contributed by atoms with E-state index in [1.807, 2.05) is 27.7 Å². The first-order valence-corrected chi connectivity index (χ1v) is 4.31. The molecule has 0 rings (SSSR count). The quantitative estimate of drug-likeness (QED) is 0.374. The second kappa shape index (κ2) is 4.61. The summed E-state index contributed by atoms with van der Waals surface area (Å²) in [6.07, 6.45) is 0. The fraction of sp³-hybridized carbons (Fsp3) is 0.400. The van der Waals surface area contributed by atoms with Crippen LogP contribution in [0.1, 0.15) is 27.7 Å². The van der Waals surface area contributed by atoms with Crippen LogP contribution in [0, 0.1) is 0 Å². The van der Waals surface area contributed by atoms with Gasteiger partial charge >= 0.3 is 0 Å². The molecular weight excluding hydrogens is 163 g/mol. The third-order valence-corrected chi connectivity index (χ3v) is 2.48. The number of allylic oxidation sites excluding steroid dienone is 4. The van der Waals surface area contributed by atoms with Crippen molar-refractivity contribution in [3.63, 3.8) is 0 Å². The minimum Gasteiger partial charge on any atom is -0.144 e.